The van der Waals surface area contributed by atoms with Crippen LogP contribution in [-0.4, -0.2) is 48.9 Å². The van der Waals surface area contributed by atoms with Gasteiger partial charge in [-0.05, 0) is 76.6 Å². The van der Waals surface area contributed by atoms with E-state index in [1.165, 1.54) is 37.4 Å². The van der Waals surface area contributed by atoms with E-state index in [1.54, 1.807) is 66.7 Å². The van der Waals surface area contributed by atoms with Crippen LogP contribution in [0.3, 0.4) is 0 Å². The molecule has 1 N–H and O–H groups in total. The van der Waals surface area contributed by atoms with Crippen LogP contribution in [0.5, 0.6) is 5.75 Å². The number of para-hydroxylation sites is 2. The summed E-state index contributed by atoms with van der Waals surface area (Å²) in [5, 5.41) is 2.96. The third-order valence-corrected chi connectivity index (χ3v) is 10.2. The van der Waals surface area contributed by atoms with E-state index in [2.05, 4.69) is 25.6 Å². The molecule has 0 amide bonds. The largest absolute Gasteiger partial charge is 0.495 e. The third-order valence-electron chi connectivity index (χ3n) is 6.31. The summed E-state index contributed by atoms with van der Waals surface area (Å²) in [6, 6.07) is 25.6. The number of carbonyl (C=O) groups excluding carboxylic acids is 1. The molecule has 0 aliphatic carbocycles. The average Bonchev–Trinajstić information content (AvgIpc) is 3.25. The lowest BCUT2D eigenvalue weighted by molar-refractivity contribution is 0.0516. The Labute approximate surface area is 251 Å². The molecule has 0 aromatic heterocycles. The van der Waals surface area contributed by atoms with Gasteiger partial charge in [0.25, 0.3) is 20.0 Å². The van der Waals surface area contributed by atoms with Gasteiger partial charge in [0.05, 0.1) is 29.8 Å². The molecule has 42 heavy (non-hydrogen) atoms. The normalized spacial score (nSPS) is 13.5. The minimum atomic E-state index is -4.17. The standard InChI is InChI=1S/C29H24BrN3O7S2/c1-39-26-12-6-5-11-25(26)33(18-19-40-29(34)22-8-2-4-10-24(22)30)42(37,38)21-16-14-20(15-17-21)31-28-23-9-3-7-13-27(23)41(35,36)32-28/h2-17H,18-19H2,1H3,(H,31,32). The van der Waals surface area contributed by atoms with Gasteiger partial charge in [0.2, 0.25) is 0 Å². The number of carbonyl (C=O) groups is 1. The lowest BCUT2D eigenvalue weighted by Crippen LogP contribution is -2.35. The number of methoxy groups -OCH3 is 1. The molecule has 1 aliphatic rings. The molecule has 0 unspecified atom stereocenters. The van der Waals surface area contributed by atoms with Gasteiger partial charge in [0.1, 0.15) is 17.3 Å². The van der Waals surface area contributed by atoms with Crippen molar-refractivity contribution in [3.8, 4) is 5.75 Å². The highest BCUT2D eigenvalue weighted by molar-refractivity contribution is 9.10. The van der Waals surface area contributed by atoms with Gasteiger partial charge in [-0.1, -0.05) is 36.4 Å². The number of hydrogen-bond donors (Lipinski definition) is 1. The van der Waals surface area contributed by atoms with Crippen molar-refractivity contribution in [2.24, 2.45) is 4.40 Å². The number of ether oxygens (including phenoxy) is 2. The molecular weight excluding hydrogens is 646 g/mol. The highest BCUT2D eigenvalue weighted by Gasteiger charge is 2.30. The van der Waals surface area contributed by atoms with Crippen molar-refractivity contribution < 1.29 is 31.1 Å². The molecule has 13 heteroatoms. The summed E-state index contributed by atoms with van der Waals surface area (Å²) in [7, 11) is -6.56. The quantitative estimate of drug-likeness (QED) is 0.244. The minimum Gasteiger partial charge on any atom is -0.495 e. The SMILES string of the molecule is COc1ccccc1N(CCOC(=O)c1ccccc1Br)S(=O)(=O)c1ccc(NC2=NS(=O)(=O)c3ccccc32)cc1. The third kappa shape index (κ3) is 5.89. The molecule has 4 aromatic rings. The summed E-state index contributed by atoms with van der Waals surface area (Å²) in [6.45, 7) is -0.421. The van der Waals surface area contributed by atoms with Crippen LogP contribution >= 0.6 is 15.9 Å². The summed E-state index contributed by atoms with van der Waals surface area (Å²) in [6.07, 6.45) is 0. The Kier molecular flexibility index (Phi) is 8.34. The Bertz CT molecular complexity index is 1890. The van der Waals surface area contributed by atoms with E-state index in [1.807, 2.05) is 0 Å². The van der Waals surface area contributed by atoms with Gasteiger partial charge < -0.3 is 14.8 Å². The summed E-state index contributed by atoms with van der Waals surface area (Å²) >= 11 is 3.32. The number of nitrogens with one attached hydrogen (secondary N) is 1. The van der Waals surface area contributed by atoms with Crippen LogP contribution in [0, 0.1) is 0 Å². The molecule has 0 bridgehead atoms. The second kappa shape index (κ2) is 12.0. The van der Waals surface area contributed by atoms with Gasteiger partial charge in [-0.3, -0.25) is 4.31 Å². The summed E-state index contributed by atoms with van der Waals surface area (Å²) in [5.41, 5.74) is 1.44. The number of sulfonamides is 2. The fourth-order valence-corrected chi connectivity index (χ4v) is 7.38. The molecule has 0 saturated carbocycles. The lowest BCUT2D eigenvalue weighted by Gasteiger charge is -2.26. The molecule has 0 spiro atoms. The van der Waals surface area contributed by atoms with Gasteiger partial charge in [-0.15, -0.1) is 4.40 Å². The number of nitrogens with zero attached hydrogens (tertiary/aromatic N) is 2. The van der Waals surface area contributed by atoms with Crippen molar-refractivity contribution in [1.82, 2.24) is 0 Å². The van der Waals surface area contributed by atoms with E-state index in [4.69, 9.17) is 9.47 Å². The first-order valence-corrected chi connectivity index (χ1v) is 16.2. The van der Waals surface area contributed by atoms with Gasteiger partial charge in [0.15, 0.2) is 5.84 Å². The Morgan fingerprint density at radius 3 is 2.33 bits per heavy atom. The molecule has 5 rings (SSSR count). The van der Waals surface area contributed by atoms with Gasteiger partial charge in [-0.2, -0.15) is 8.42 Å². The van der Waals surface area contributed by atoms with Crippen LogP contribution in [0.25, 0.3) is 0 Å². The highest BCUT2D eigenvalue weighted by atomic mass is 79.9. The van der Waals surface area contributed by atoms with Crippen LogP contribution in [0.15, 0.2) is 116 Å². The van der Waals surface area contributed by atoms with Crippen LogP contribution < -0.4 is 14.4 Å². The van der Waals surface area contributed by atoms with Crippen molar-refractivity contribution in [1.29, 1.82) is 0 Å². The Hall–Kier alpha value is -4.20. The van der Waals surface area contributed by atoms with E-state index >= 15 is 0 Å². The fourth-order valence-electron chi connectivity index (χ4n) is 4.30. The van der Waals surface area contributed by atoms with Crippen LogP contribution in [0.2, 0.25) is 0 Å². The number of benzene rings is 4. The van der Waals surface area contributed by atoms with Crippen LogP contribution in [-0.2, 0) is 24.8 Å². The number of halogens is 1. The first kappa shape index (κ1) is 29.3. The second-order valence-corrected chi connectivity index (χ2v) is 13.2. The van der Waals surface area contributed by atoms with Crippen LogP contribution in [0.1, 0.15) is 15.9 Å². The van der Waals surface area contributed by atoms with Gasteiger partial charge >= 0.3 is 5.97 Å². The van der Waals surface area contributed by atoms with Crippen molar-refractivity contribution in [3.05, 3.63) is 113 Å². The smallest absolute Gasteiger partial charge is 0.339 e. The predicted molar refractivity (Wildman–Crippen MR) is 162 cm³/mol. The Morgan fingerprint density at radius 2 is 1.60 bits per heavy atom. The zero-order valence-electron chi connectivity index (χ0n) is 22.1. The minimum absolute atomic E-state index is 0.0440. The van der Waals surface area contributed by atoms with E-state index in [9.17, 15) is 21.6 Å². The number of amidine groups is 1. The molecule has 0 fully saturated rings. The number of rotatable bonds is 9. The van der Waals surface area contributed by atoms with Gasteiger partial charge in [0, 0.05) is 15.7 Å². The number of anilines is 2. The highest BCUT2D eigenvalue weighted by Crippen LogP contribution is 2.33. The molecule has 0 radical (unpaired) electrons. The lowest BCUT2D eigenvalue weighted by atomic mass is 10.2. The number of fused-ring (bicyclic) bond motifs is 1. The van der Waals surface area contributed by atoms with Gasteiger partial charge in [-0.25, -0.2) is 13.2 Å². The zero-order chi connectivity index (χ0) is 29.9. The molecule has 1 heterocycles. The molecule has 4 aromatic carbocycles. The van der Waals surface area contributed by atoms with Crippen LogP contribution in [0.4, 0.5) is 11.4 Å². The average molecular weight is 671 g/mol. The molecule has 0 saturated heterocycles. The maximum Gasteiger partial charge on any atom is 0.339 e. The monoisotopic (exact) mass is 669 g/mol. The van der Waals surface area contributed by atoms with E-state index < -0.39 is 26.0 Å². The van der Waals surface area contributed by atoms with E-state index in [0.717, 1.165) is 4.31 Å². The maximum atomic E-state index is 13.9. The first-order chi connectivity index (χ1) is 20.1. The topological polar surface area (TPSA) is 131 Å². The summed E-state index contributed by atoms with van der Waals surface area (Å²) < 4.78 is 68.9. The molecule has 1 aliphatic heterocycles. The maximum absolute atomic E-state index is 13.9. The molecule has 216 valence electrons. The van der Waals surface area contributed by atoms with Crippen molar-refractivity contribution in [3.63, 3.8) is 0 Å². The Balaban J connectivity index is 1.39. The first-order valence-electron chi connectivity index (χ1n) is 12.5. The zero-order valence-corrected chi connectivity index (χ0v) is 25.3. The molecular formula is C29H24BrN3O7S2. The summed E-state index contributed by atoms with van der Waals surface area (Å²) in [5.74, 6) is -0.145. The van der Waals surface area contributed by atoms with Crippen molar-refractivity contribution >= 4 is 59.2 Å². The Morgan fingerprint density at radius 1 is 0.929 bits per heavy atom. The number of esters is 1. The van der Waals surface area contributed by atoms with Crippen molar-refractivity contribution in [2.75, 3.05) is 29.9 Å². The van der Waals surface area contributed by atoms with E-state index in [0.29, 0.717) is 27.0 Å². The second-order valence-electron chi connectivity index (χ2n) is 8.93. The van der Waals surface area contributed by atoms with Crippen molar-refractivity contribution in [2.45, 2.75) is 9.79 Å². The van der Waals surface area contributed by atoms with E-state index in [-0.39, 0.29) is 34.5 Å². The fraction of sp³-hybridized carbons (Fsp3) is 0.103. The number of hydrogen-bond acceptors (Lipinski definition) is 8. The predicted octanol–water partition coefficient (Wildman–Crippen LogP) is 5.07. The molecule has 0 atom stereocenters. The summed E-state index contributed by atoms with van der Waals surface area (Å²) in [4.78, 5) is 12.7. The molecule has 10 nitrogen and oxygen atoms in total.